The molecule has 2 aliphatic rings. The zero-order chi connectivity index (χ0) is 13.8. The zero-order valence-corrected chi connectivity index (χ0v) is 11.8. The molecule has 3 atom stereocenters. The van der Waals surface area contributed by atoms with Gasteiger partial charge in [-0.25, -0.2) is 0 Å². The van der Waals surface area contributed by atoms with Crippen molar-refractivity contribution in [3.8, 4) is 0 Å². The molecule has 0 aromatic rings. The van der Waals surface area contributed by atoms with Crippen molar-refractivity contribution >= 4 is 5.91 Å². The van der Waals surface area contributed by atoms with Crippen LogP contribution in [0, 0.1) is 0 Å². The summed E-state index contributed by atoms with van der Waals surface area (Å²) in [5.41, 5.74) is 0. The van der Waals surface area contributed by atoms with Crippen LogP contribution >= 0.6 is 0 Å². The third-order valence-electron chi connectivity index (χ3n) is 3.78. The molecule has 2 rings (SSSR count). The predicted octanol–water partition coefficient (Wildman–Crippen LogP) is -1.11. The summed E-state index contributed by atoms with van der Waals surface area (Å²) in [6, 6.07) is 0.281. The summed E-state index contributed by atoms with van der Waals surface area (Å²) in [6.45, 7) is 8.86. The molecular weight excluding hydrogens is 246 g/mol. The first kappa shape index (κ1) is 14.7. The second-order valence-corrected chi connectivity index (χ2v) is 5.54. The normalized spacial score (nSPS) is 31.2. The van der Waals surface area contributed by atoms with Gasteiger partial charge in [0.05, 0.1) is 12.7 Å². The Hall–Kier alpha value is -0.690. The van der Waals surface area contributed by atoms with Crippen LogP contribution in [0.2, 0.25) is 0 Å². The van der Waals surface area contributed by atoms with E-state index in [9.17, 15) is 9.90 Å². The summed E-state index contributed by atoms with van der Waals surface area (Å²) < 4.78 is 5.51. The summed E-state index contributed by atoms with van der Waals surface area (Å²) in [7, 11) is 0. The largest absolute Gasteiger partial charge is 0.392 e. The Morgan fingerprint density at radius 3 is 2.89 bits per heavy atom. The average Bonchev–Trinajstić information content (AvgIpc) is 2.41. The van der Waals surface area contributed by atoms with Crippen LogP contribution < -0.4 is 5.32 Å². The van der Waals surface area contributed by atoms with Gasteiger partial charge in [-0.1, -0.05) is 0 Å². The first-order valence-corrected chi connectivity index (χ1v) is 7.11. The molecule has 2 fully saturated rings. The Kier molecular flexibility index (Phi) is 5.15. The number of rotatable bonds is 3. The van der Waals surface area contributed by atoms with Crippen LogP contribution in [0.3, 0.4) is 0 Å². The maximum atomic E-state index is 12.3. The van der Waals surface area contributed by atoms with Crippen molar-refractivity contribution in [1.82, 2.24) is 15.1 Å². The molecule has 3 unspecified atom stereocenters. The van der Waals surface area contributed by atoms with Crippen LogP contribution in [0.5, 0.6) is 0 Å². The van der Waals surface area contributed by atoms with Crippen LogP contribution in [-0.4, -0.2) is 84.9 Å². The number of hydrogen-bond donors (Lipinski definition) is 2. The highest BCUT2D eigenvalue weighted by atomic mass is 16.5. The first-order chi connectivity index (χ1) is 9.08. The predicted molar refractivity (Wildman–Crippen MR) is 71.9 cm³/mol. The lowest BCUT2D eigenvalue weighted by atomic mass is 10.1. The fraction of sp³-hybridized carbons (Fsp3) is 0.923. The van der Waals surface area contributed by atoms with E-state index in [0.717, 1.165) is 19.6 Å². The molecule has 2 aliphatic heterocycles. The second-order valence-electron chi connectivity index (χ2n) is 5.54. The molecule has 2 saturated heterocycles. The molecule has 0 aromatic heterocycles. The number of aliphatic hydroxyl groups is 1. The molecule has 0 spiro atoms. The van der Waals surface area contributed by atoms with Crippen molar-refractivity contribution in [2.24, 2.45) is 0 Å². The molecule has 6 nitrogen and oxygen atoms in total. The van der Waals surface area contributed by atoms with Crippen molar-refractivity contribution in [2.45, 2.75) is 32.1 Å². The SMILES string of the molecule is CC(O)CN1CCN(C(=O)C2CNCCO2)CC1C. The number of amides is 1. The van der Waals surface area contributed by atoms with Crippen molar-refractivity contribution < 1.29 is 14.6 Å². The van der Waals surface area contributed by atoms with E-state index in [4.69, 9.17) is 4.74 Å². The van der Waals surface area contributed by atoms with Gasteiger partial charge < -0.3 is 20.1 Å². The summed E-state index contributed by atoms with van der Waals surface area (Å²) in [5, 5.41) is 12.6. The van der Waals surface area contributed by atoms with Crippen LogP contribution in [-0.2, 0) is 9.53 Å². The Morgan fingerprint density at radius 2 is 2.32 bits per heavy atom. The monoisotopic (exact) mass is 271 g/mol. The average molecular weight is 271 g/mol. The van der Waals surface area contributed by atoms with Crippen molar-refractivity contribution in [2.75, 3.05) is 45.9 Å². The molecule has 2 N–H and O–H groups in total. The molecule has 0 aliphatic carbocycles. The summed E-state index contributed by atoms with van der Waals surface area (Å²) in [5.74, 6) is 0.0933. The molecule has 0 aromatic carbocycles. The highest BCUT2D eigenvalue weighted by molar-refractivity contribution is 5.81. The highest BCUT2D eigenvalue weighted by Crippen LogP contribution is 2.12. The number of nitrogens with zero attached hydrogens (tertiary/aromatic N) is 2. The number of piperazine rings is 1. The Balaban J connectivity index is 1.85. The van der Waals surface area contributed by atoms with Crippen molar-refractivity contribution in [3.63, 3.8) is 0 Å². The Morgan fingerprint density at radius 1 is 1.53 bits per heavy atom. The van der Waals surface area contributed by atoms with Gasteiger partial charge in [-0.05, 0) is 13.8 Å². The van der Waals surface area contributed by atoms with E-state index in [1.165, 1.54) is 0 Å². The van der Waals surface area contributed by atoms with Crippen LogP contribution in [0.15, 0.2) is 0 Å². The van der Waals surface area contributed by atoms with E-state index in [1.807, 2.05) is 4.90 Å². The number of hydrogen-bond acceptors (Lipinski definition) is 5. The van der Waals surface area contributed by atoms with E-state index in [0.29, 0.717) is 26.2 Å². The highest BCUT2D eigenvalue weighted by Gasteiger charge is 2.32. The molecule has 0 bridgehead atoms. The summed E-state index contributed by atoms with van der Waals surface area (Å²) >= 11 is 0. The van der Waals surface area contributed by atoms with Gasteiger partial charge in [0.2, 0.25) is 0 Å². The molecule has 0 radical (unpaired) electrons. The first-order valence-electron chi connectivity index (χ1n) is 7.11. The number of aliphatic hydroxyl groups excluding tert-OH is 1. The number of β-amino-alcohol motifs (C(OH)–C–C–N with tert-alkyl or cyclic N) is 1. The lowest BCUT2D eigenvalue weighted by Crippen LogP contribution is -2.58. The number of morpholine rings is 1. The van der Waals surface area contributed by atoms with E-state index in [-0.39, 0.29) is 24.2 Å². The smallest absolute Gasteiger partial charge is 0.253 e. The fourth-order valence-electron chi connectivity index (χ4n) is 2.73. The van der Waals surface area contributed by atoms with Gasteiger partial charge in [0.1, 0.15) is 6.10 Å². The number of nitrogens with one attached hydrogen (secondary N) is 1. The standard InChI is InChI=1S/C13H25N3O3/c1-10-8-16(5-4-15(10)9-11(2)17)13(18)12-7-14-3-6-19-12/h10-12,14,17H,3-9H2,1-2H3. The molecule has 0 saturated carbocycles. The van der Waals surface area contributed by atoms with Gasteiger partial charge in [0, 0.05) is 45.3 Å². The van der Waals surface area contributed by atoms with Gasteiger partial charge in [0.15, 0.2) is 0 Å². The Bertz CT molecular complexity index is 306. The van der Waals surface area contributed by atoms with Gasteiger partial charge in [-0.2, -0.15) is 0 Å². The van der Waals surface area contributed by atoms with E-state index < -0.39 is 0 Å². The summed E-state index contributed by atoms with van der Waals surface area (Å²) in [6.07, 6.45) is -0.653. The maximum Gasteiger partial charge on any atom is 0.253 e. The van der Waals surface area contributed by atoms with Crippen molar-refractivity contribution in [1.29, 1.82) is 0 Å². The molecule has 2 heterocycles. The second kappa shape index (κ2) is 6.65. The number of carbonyl (C=O) groups excluding carboxylic acids is 1. The molecular formula is C13H25N3O3. The molecule has 1 amide bonds. The number of carbonyl (C=O) groups is 1. The van der Waals surface area contributed by atoms with Gasteiger partial charge in [-0.15, -0.1) is 0 Å². The quantitative estimate of drug-likeness (QED) is 0.681. The minimum atomic E-state index is -0.329. The maximum absolute atomic E-state index is 12.3. The lowest BCUT2D eigenvalue weighted by molar-refractivity contribution is -0.148. The third kappa shape index (κ3) is 3.89. The molecule has 110 valence electrons. The summed E-state index contributed by atoms with van der Waals surface area (Å²) in [4.78, 5) is 16.4. The third-order valence-corrected chi connectivity index (χ3v) is 3.78. The van der Waals surface area contributed by atoms with E-state index >= 15 is 0 Å². The van der Waals surface area contributed by atoms with Gasteiger partial charge >= 0.3 is 0 Å². The molecule has 19 heavy (non-hydrogen) atoms. The van der Waals surface area contributed by atoms with E-state index in [2.05, 4.69) is 17.1 Å². The number of ether oxygens (including phenoxy) is 1. The Labute approximate surface area is 114 Å². The topological polar surface area (TPSA) is 65.0 Å². The van der Waals surface area contributed by atoms with Crippen LogP contribution in [0.1, 0.15) is 13.8 Å². The van der Waals surface area contributed by atoms with Gasteiger partial charge in [0.25, 0.3) is 5.91 Å². The minimum Gasteiger partial charge on any atom is -0.392 e. The minimum absolute atomic E-state index is 0.0933. The van der Waals surface area contributed by atoms with Crippen LogP contribution in [0.25, 0.3) is 0 Å². The lowest BCUT2D eigenvalue weighted by Gasteiger charge is -2.41. The van der Waals surface area contributed by atoms with E-state index in [1.54, 1.807) is 6.92 Å². The zero-order valence-electron chi connectivity index (χ0n) is 11.8. The van der Waals surface area contributed by atoms with Gasteiger partial charge in [-0.3, -0.25) is 9.69 Å². The fourth-order valence-corrected chi connectivity index (χ4v) is 2.73. The molecule has 6 heteroatoms. The van der Waals surface area contributed by atoms with Crippen LogP contribution in [0.4, 0.5) is 0 Å². The van der Waals surface area contributed by atoms with Crippen molar-refractivity contribution in [3.05, 3.63) is 0 Å².